The van der Waals surface area contributed by atoms with Gasteiger partial charge in [-0.05, 0) is 18.1 Å². The Morgan fingerprint density at radius 2 is 2.09 bits per heavy atom. The van der Waals surface area contributed by atoms with Crippen molar-refractivity contribution >= 4 is 40.8 Å². The molecule has 1 amide bonds. The van der Waals surface area contributed by atoms with Crippen molar-refractivity contribution in [3.63, 3.8) is 0 Å². The van der Waals surface area contributed by atoms with Crippen LogP contribution in [-0.4, -0.2) is 44.0 Å². The molecule has 2 aliphatic rings. The van der Waals surface area contributed by atoms with Crippen molar-refractivity contribution < 1.29 is 14.7 Å². The maximum absolute atomic E-state index is 12.2. The molecule has 2 unspecified atom stereocenters. The Labute approximate surface area is 143 Å². The molecule has 0 spiro atoms. The first kappa shape index (κ1) is 16.0. The third-order valence-electron chi connectivity index (χ3n) is 3.89. The molecule has 2 atom stereocenters. The highest BCUT2D eigenvalue weighted by Gasteiger charge is 2.50. The van der Waals surface area contributed by atoms with Gasteiger partial charge in [-0.3, -0.25) is 4.79 Å². The van der Waals surface area contributed by atoms with E-state index in [1.54, 1.807) is 23.6 Å². The van der Waals surface area contributed by atoms with E-state index in [1.807, 2.05) is 30.3 Å². The van der Waals surface area contributed by atoms with Crippen LogP contribution >= 0.6 is 24.0 Å². The van der Waals surface area contributed by atoms with Crippen molar-refractivity contribution in [3.05, 3.63) is 47.2 Å². The number of thiocarbonyl (C=S) groups is 1. The molecule has 0 bridgehead atoms. The Balaban J connectivity index is 1.67. The summed E-state index contributed by atoms with van der Waals surface area (Å²) < 4.78 is 0. The van der Waals surface area contributed by atoms with Gasteiger partial charge in [-0.25, -0.2) is 4.79 Å². The number of carbonyl (C=O) groups is 2. The van der Waals surface area contributed by atoms with Crippen molar-refractivity contribution in [1.29, 1.82) is 0 Å². The Morgan fingerprint density at radius 3 is 2.74 bits per heavy atom. The summed E-state index contributed by atoms with van der Waals surface area (Å²) in [7, 11) is 0. The summed E-state index contributed by atoms with van der Waals surface area (Å²) >= 11 is 6.94. The molecule has 23 heavy (non-hydrogen) atoms. The Kier molecular flexibility index (Phi) is 4.41. The summed E-state index contributed by atoms with van der Waals surface area (Å²) in [6.07, 6.45) is 0.290. The summed E-state index contributed by atoms with van der Waals surface area (Å²) in [5.41, 5.74) is 1.99. The molecule has 0 aliphatic carbocycles. The molecule has 5 nitrogen and oxygen atoms in total. The number of nitrogens with one attached hydrogen (secondary N) is 1. The predicted molar refractivity (Wildman–Crippen MR) is 93.1 cm³/mol. The number of aliphatic carboxylic acids is 1. The van der Waals surface area contributed by atoms with E-state index in [2.05, 4.69) is 5.32 Å². The van der Waals surface area contributed by atoms with Crippen LogP contribution in [0.25, 0.3) is 0 Å². The van der Waals surface area contributed by atoms with E-state index in [9.17, 15) is 14.7 Å². The SMILES string of the molecule is CC1=C(C(=O)O)N2C(=S)C(NC(=O)Cc3ccccc3)C2SC1. The number of carboxylic acids is 1. The molecular formula is C16H16N2O3S2. The molecule has 1 aromatic rings. The van der Waals surface area contributed by atoms with Crippen LogP contribution in [0.2, 0.25) is 0 Å². The zero-order valence-electron chi connectivity index (χ0n) is 12.5. The molecule has 2 heterocycles. The number of hydrogen-bond acceptors (Lipinski definition) is 4. The smallest absolute Gasteiger partial charge is 0.352 e. The van der Waals surface area contributed by atoms with Crippen LogP contribution in [0, 0.1) is 0 Å². The predicted octanol–water partition coefficient (Wildman–Crippen LogP) is 1.79. The Morgan fingerprint density at radius 1 is 1.39 bits per heavy atom. The number of carbonyl (C=O) groups excluding carboxylic acids is 1. The van der Waals surface area contributed by atoms with Gasteiger partial charge in [-0.2, -0.15) is 0 Å². The average molecular weight is 348 g/mol. The highest BCUT2D eigenvalue weighted by molar-refractivity contribution is 8.00. The van der Waals surface area contributed by atoms with Crippen molar-refractivity contribution in [2.75, 3.05) is 5.75 Å². The number of rotatable bonds is 4. The average Bonchev–Trinajstić information content (AvgIpc) is 2.53. The summed E-state index contributed by atoms with van der Waals surface area (Å²) in [5, 5.41) is 12.2. The van der Waals surface area contributed by atoms with Gasteiger partial charge >= 0.3 is 5.97 Å². The van der Waals surface area contributed by atoms with E-state index < -0.39 is 5.97 Å². The largest absolute Gasteiger partial charge is 0.477 e. The van der Waals surface area contributed by atoms with Crippen molar-refractivity contribution in [3.8, 4) is 0 Å². The lowest BCUT2D eigenvalue weighted by Gasteiger charge is -2.51. The van der Waals surface area contributed by atoms with Gasteiger partial charge in [0.1, 0.15) is 22.1 Å². The number of fused-ring (bicyclic) bond motifs is 1. The molecule has 1 aromatic carbocycles. The van der Waals surface area contributed by atoms with E-state index in [-0.39, 0.29) is 29.4 Å². The minimum atomic E-state index is -0.968. The van der Waals surface area contributed by atoms with E-state index in [0.717, 1.165) is 11.1 Å². The van der Waals surface area contributed by atoms with Crippen LogP contribution in [-0.2, 0) is 16.0 Å². The Hall–Kier alpha value is -1.86. The highest BCUT2D eigenvalue weighted by Crippen LogP contribution is 2.40. The fourth-order valence-corrected chi connectivity index (χ4v) is 4.64. The number of hydrogen-bond donors (Lipinski definition) is 2. The summed E-state index contributed by atoms with van der Waals surface area (Å²) in [5.74, 6) is -0.438. The van der Waals surface area contributed by atoms with E-state index in [4.69, 9.17) is 12.2 Å². The molecule has 0 aromatic heterocycles. The molecule has 0 radical (unpaired) electrons. The molecule has 1 fully saturated rings. The van der Waals surface area contributed by atoms with Gasteiger partial charge in [0.2, 0.25) is 5.91 Å². The standard InChI is InChI=1S/C16H16N2O3S2/c1-9-8-23-15-12(14(22)18(15)13(9)16(20)21)17-11(19)7-10-5-3-2-4-6-10/h2-6,12,15H,7-8H2,1H3,(H,17,19)(H,20,21). The fraction of sp³-hybridized carbons (Fsp3) is 0.312. The normalized spacial score (nSPS) is 23.2. The summed E-state index contributed by atoms with van der Waals surface area (Å²) in [6, 6.07) is 9.20. The van der Waals surface area contributed by atoms with Crippen LogP contribution in [0.3, 0.4) is 0 Å². The van der Waals surface area contributed by atoms with E-state index >= 15 is 0 Å². The maximum Gasteiger partial charge on any atom is 0.352 e. The van der Waals surface area contributed by atoms with Crippen LogP contribution < -0.4 is 5.32 Å². The zero-order valence-corrected chi connectivity index (χ0v) is 14.1. The lowest BCUT2D eigenvalue weighted by atomic mass is 10.0. The van der Waals surface area contributed by atoms with Crippen molar-refractivity contribution in [1.82, 2.24) is 10.2 Å². The first-order valence-corrected chi connectivity index (χ1v) is 8.65. The zero-order chi connectivity index (χ0) is 16.6. The molecule has 3 rings (SSSR count). The minimum absolute atomic E-state index is 0.105. The molecule has 0 saturated carbocycles. The van der Waals surface area contributed by atoms with Crippen molar-refractivity contribution in [2.45, 2.75) is 24.8 Å². The van der Waals surface area contributed by atoms with Gasteiger partial charge in [0.15, 0.2) is 0 Å². The summed E-state index contributed by atoms with van der Waals surface area (Å²) in [4.78, 5) is 25.7. The van der Waals surface area contributed by atoms with Gasteiger partial charge in [0, 0.05) is 5.75 Å². The molecular weight excluding hydrogens is 332 g/mol. The molecule has 1 saturated heterocycles. The fourth-order valence-electron chi connectivity index (χ4n) is 2.78. The lowest BCUT2D eigenvalue weighted by Crippen LogP contribution is -2.69. The maximum atomic E-state index is 12.2. The quantitative estimate of drug-likeness (QED) is 0.809. The first-order valence-electron chi connectivity index (χ1n) is 7.20. The third-order valence-corrected chi connectivity index (χ3v) is 5.76. The van der Waals surface area contributed by atoms with Gasteiger partial charge in [0.05, 0.1) is 6.42 Å². The second kappa shape index (κ2) is 6.33. The number of amides is 1. The van der Waals surface area contributed by atoms with Gasteiger partial charge < -0.3 is 15.3 Å². The molecule has 120 valence electrons. The van der Waals surface area contributed by atoms with Crippen LogP contribution in [0.1, 0.15) is 12.5 Å². The van der Waals surface area contributed by atoms with E-state index in [0.29, 0.717) is 10.7 Å². The van der Waals surface area contributed by atoms with E-state index in [1.165, 1.54) is 0 Å². The first-order chi connectivity index (χ1) is 11.0. The molecule has 2 aliphatic heterocycles. The second-order valence-corrected chi connectivity index (χ2v) is 7.07. The number of benzene rings is 1. The van der Waals surface area contributed by atoms with Gasteiger partial charge in [-0.15, -0.1) is 11.8 Å². The van der Waals surface area contributed by atoms with Gasteiger partial charge in [0.25, 0.3) is 0 Å². The molecule has 7 heteroatoms. The number of nitrogens with zero attached hydrogens (tertiary/aromatic N) is 1. The lowest BCUT2D eigenvalue weighted by molar-refractivity contribution is -0.134. The number of carboxylic acid groups (broad SMARTS) is 1. The second-order valence-electron chi connectivity index (χ2n) is 5.55. The Bertz CT molecular complexity index is 703. The number of thioether (sulfide) groups is 1. The topological polar surface area (TPSA) is 69.6 Å². The summed E-state index contributed by atoms with van der Waals surface area (Å²) in [6.45, 7) is 1.80. The van der Waals surface area contributed by atoms with Crippen molar-refractivity contribution in [2.24, 2.45) is 0 Å². The van der Waals surface area contributed by atoms with Crippen LogP contribution in [0.5, 0.6) is 0 Å². The highest BCUT2D eigenvalue weighted by atomic mass is 32.2. The van der Waals surface area contributed by atoms with Crippen LogP contribution in [0.15, 0.2) is 41.6 Å². The van der Waals surface area contributed by atoms with Gasteiger partial charge in [-0.1, -0.05) is 42.5 Å². The third kappa shape index (κ3) is 2.98. The molecule has 2 N–H and O–H groups in total. The van der Waals surface area contributed by atoms with Crippen LogP contribution in [0.4, 0.5) is 0 Å². The minimum Gasteiger partial charge on any atom is -0.477 e. The monoisotopic (exact) mass is 348 g/mol.